The molecule has 0 bridgehead atoms. The topological polar surface area (TPSA) is 105 Å². The first-order valence-electron chi connectivity index (χ1n) is 9.33. The van der Waals surface area contributed by atoms with Gasteiger partial charge in [-0.2, -0.15) is 10.5 Å². The molecule has 1 aliphatic heterocycles. The molecule has 0 N–H and O–H groups in total. The molecule has 0 saturated carbocycles. The summed E-state index contributed by atoms with van der Waals surface area (Å²) < 4.78 is 28.0. The molecule has 0 spiro atoms. The van der Waals surface area contributed by atoms with Crippen molar-refractivity contribution in [3.8, 4) is 12.1 Å². The van der Waals surface area contributed by atoms with Gasteiger partial charge in [-0.25, -0.2) is 8.42 Å². The maximum Gasteiger partial charge on any atom is 0.265 e. The Morgan fingerprint density at radius 1 is 1.10 bits per heavy atom. The largest absolute Gasteiger partial charge is 0.337 e. The van der Waals surface area contributed by atoms with Crippen molar-refractivity contribution in [3.05, 3.63) is 58.6 Å². The summed E-state index contributed by atoms with van der Waals surface area (Å²) in [6, 6.07) is 15.3. The van der Waals surface area contributed by atoms with Crippen LogP contribution in [0, 0.1) is 22.7 Å². The molecule has 1 heterocycles. The molecular weight excluding hydrogens is 424 g/mol. The second-order valence-electron chi connectivity index (χ2n) is 6.71. The summed E-state index contributed by atoms with van der Waals surface area (Å²) in [6.07, 6.45) is 0.822. The van der Waals surface area contributed by atoms with Gasteiger partial charge in [-0.15, -0.1) is 0 Å². The Hall–Kier alpha value is -3.07. The minimum Gasteiger partial charge on any atom is -0.337 e. The Kier molecular flexibility index (Phi) is 6.61. The number of anilines is 1. The van der Waals surface area contributed by atoms with Gasteiger partial charge >= 0.3 is 0 Å². The van der Waals surface area contributed by atoms with Crippen LogP contribution in [0.25, 0.3) is 0 Å². The number of amides is 1. The minimum atomic E-state index is -3.97. The molecule has 0 aromatic heterocycles. The number of nitrogens with zero attached hydrogens (tertiary/aromatic N) is 4. The van der Waals surface area contributed by atoms with Crippen molar-refractivity contribution in [3.63, 3.8) is 0 Å². The van der Waals surface area contributed by atoms with Crippen LogP contribution in [0.15, 0.2) is 47.4 Å². The van der Waals surface area contributed by atoms with E-state index in [4.69, 9.17) is 22.1 Å². The quantitative estimate of drug-likeness (QED) is 0.653. The normalized spacial score (nSPS) is 12.7. The number of para-hydroxylation sites is 1. The first-order valence-corrected chi connectivity index (χ1v) is 11.2. The smallest absolute Gasteiger partial charge is 0.265 e. The molecule has 0 aliphatic carbocycles. The van der Waals surface area contributed by atoms with Gasteiger partial charge in [0, 0.05) is 25.2 Å². The molecule has 30 heavy (non-hydrogen) atoms. The highest BCUT2D eigenvalue weighted by Crippen LogP contribution is 2.35. The number of fused-ring (bicyclic) bond motifs is 1. The summed E-state index contributed by atoms with van der Waals surface area (Å²) in [6.45, 7) is 0.606. The van der Waals surface area contributed by atoms with E-state index in [-0.39, 0.29) is 41.4 Å². The van der Waals surface area contributed by atoms with Crippen molar-refractivity contribution < 1.29 is 13.2 Å². The van der Waals surface area contributed by atoms with E-state index in [2.05, 4.69) is 0 Å². The predicted molar refractivity (Wildman–Crippen MR) is 112 cm³/mol. The molecule has 0 fully saturated rings. The van der Waals surface area contributed by atoms with E-state index >= 15 is 0 Å². The lowest BCUT2D eigenvalue weighted by Crippen LogP contribution is -2.33. The van der Waals surface area contributed by atoms with Crippen LogP contribution in [0.5, 0.6) is 0 Å². The number of carbonyl (C=O) groups is 1. The average Bonchev–Trinajstić information content (AvgIpc) is 3.19. The van der Waals surface area contributed by atoms with Gasteiger partial charge in [0.2, 0.25) is 0 Å². The highest BCUT2D eigenvalue weighted by Gasteiger charge is 2.33. The molecular formula is C21H19ClN4O3S. The zero-order valence-corrected chi connectivity index (χ0v) is 17.7. The van der Waals surface area contributed by atoms with Crippen LogP contribution in [0.3, 0.4) is 0 Å². The molecule has 0 saturated heterocycles. The lowest BCUT2D eigenvalue weighted by atomic mass is 10.2. The lowest BCUT2D eigenvalue weighted by molar-refractivity contribution is 0.0762. The van der Waals surface area contributed by atoms with E-state index in [0.29, 0.717) is 18.7 Å². The van der Waals surface area contributed by atoms with Gasteiger partial charge in [0.05, 0.1) is 35.7 Å². The van der Waals surface area contributed by atoms with Crippen LogP contribution in [0.2, 0.25) is 5.02 Å². The Balaban J connectivity index is 1.96. The molecule has 1 amide bonds. The van der Waals surface area contributed by atoms with E-state index < -0.39 is 15.9 Å². The molecule has 9 heteroatoms. The number of halogens is 1. The first-order chi connectivity index (χ1) is 14.4. The summed E-state index contributed by atoms with van der Waals surface area (Å²) in [4.78, 5) is 14.1. The minimum absolute atomic E-state index is 0.0246. The maximum absolute atomic E-state index is 13.3. The zero-order valence-electron chi connectivity index (χ0n) is 16.1. The van der Waals surface area contributed by atoms with Gasteiger partial charge in [0.1, 0.15) is 4.90 Å². The summed E-state index contributed by atoms with van der Waals surface area (Å²) >= 11 is 6.22. The highest BCUT2D eigenvalue weighted by atomic mass is 35.5. The maximum atomic E-state index is 13.3. The fraction of sp³-hybridized carbons (Fsp3) is 0.286. The van der Waals surface area contributed by atoms with E-state index in [0.717, 1.165) is 5.56 Å². The molecule has 0 atom stereocenters. The molecule has 3 rings (SSSR count). The number of carbonyl (C=O) groups excluding carboxylic acids is 1. The lowest BCUT2D eigenvalue weighted by Gasteiger charge is -2.23. The van der Waals surface area contributed by atoms with E-state index in [9.17, 15) is 13.2 Å². The van der Waals surface area contributed by atoms with Crippen molar-refractivity contribution in [1.29, 1.82) is 10.5 Å². The van der Waals surface area contributed by atoms with Crippen molar-refractivity contribution in [2.24, 2.45) is 0 Å². The number of rotatable bonds is 7. The number of hydrogen-bond acceptors (Lipinski definition) is 5. The summed E-state index contributed by atoms with van der Waals surface area (Å²) in [5, 5.41) is 17.7. The van der Waals surface area contributed by atoms with Gasteiger partial charge in [-0.3, -0.25) is 9.10 Å². The number of hydrogen-bond donors (Lipinski definition) is 0. The molecule has 7 nitrogen and oxygen atoms in total. The van der Waals surface area contributed by atoms with Crippen molar-refractivity contribution in [1.82, 2.24) is 4.90 Å². The summed E-state index contributed by atoms with van der Waals surface area (Å²) in [7, 11) is -3.97. The van der Waals surface area contributed by atoms with E-state index in [1.54, 1.807) is 12.1 Å². The number of benzene rings is 2. The molecule has 2 aromatic rings. The summed E-state index contributed by atoms with van der Waals surface area (Å²) in [5.74, 6) is -0.449. The fourth-order valence-corrected chi connectivity index (χ4v) is 5.38. The third-order valence-corrected chi connectivity index (χ3v) is 7.16. The van der Waals surface area contributed by atoms with Gasteiger partial charge in [0.15, 0.2) is 0 Å². The van der Waals surface area contributed by atoms with Gasteiger partial charge < -0.3 is 4.90 Å². The Bertz CT molecular complexity index is 1130. The van der Waals surface area contributed by atoms with Crippen molar-refractivity contribution in [2.45, 2.75) is 24.2 Å². The van der Waals surface area contributed by atoms with Crippen LogP contribution >= 0.6 is 11.6 Å². The first kappa shape index (κ1) is 21.6. The highest BCUT2D eigenvalue weighted by molar-refractivity contribution is 7.93. The van der Waals surface area contributed by atoms with Crippen molar-refractivity contribution in [2.75, 3.05) is 23.9 Å². The molecule has 2 aromatic carbocycles. The van der Waals surface area contributed by atoms with Gasteiger partial charge in [-0.05, 0) is 36.2 Å². The molecule has 0 unspecified atom stereocenters. The average molecular weight is 443 g/mol. The molecule has 0 radical (unpaired) electrons. The second-order valence-corrected chi connectivity index (χ2v) is 8.95. The van der Waals surface area contributed by atoms with Gasteiger partial charge in [0.25, 0.3) is 15.9 Å². The zero-order chi connectivity index (χ0) is 21.7. The Labute approximate surface area is 180 Å². The second kappa shape index (κ2) is 9.17. The number of nitriles is 2. The van der Waals surface area contributed by atoms with Crippen LogP contribution in [-0.4, -0.2) is 38.9 Å². The van der Waals surface area contributed by atoms with E-state index in [1.807, 2.05) is 24.3 Å². The molecule has 154 valence electrons. The SMILES string of the molecule is N#CCCN(CCC#N)C(=O)c1ccc(Cl)c(S(=O)(=O)N2CCc3ccccc32)c1. The van der Waals surface area contributed by atoms with Crippen LogP contribution in [0.1, 0.15) is 28.8 Å². The van der Waals surface area contributed by atoms with Crippen LogP contribution < -0.4 is 4.31 Å². The summed E-state index contributed by atoms with van der Waals surface area (Å²) in [5.41, 5.74) is 1.68. The Morgan fingerprint density at radius 3 is 2.43 bits per heavy atom. The monoisotopic (exact) mass is 442 g/mol. The van der Waals surface area contributed by atoms with Crippen LogP contribution in [-0.2, 0) is 16.4 Å². The van der Waals surface area contributed by atoms with E-state index in [1.165, 1.54) is 27.4 Å². The Morgan fingerprint density at radius 2 is 1.77 bits per heavy atom. The number of sulfonamides is 1. The van der Waals surface area contributed by atoms with Crippen LogP contribution in [0.4, 0.5) is 5.69 Å². The third kappa shape index (κ3) is 4.25. The molecule has 1 aliphatic rings. The van der Waals surface area contributed by atoms with Gasteiger partial charge in [-0.1, -0.05) is 29.8 Å². The standard InChI is InChI=1S/C21H19ClN4O3S/c22-18-8-7-17(21(27)25(12-3-10-23)13-4-11-24)15-20(18)30(28,29)26-14-9-16-5-1-2-6-19(16)26/h1-2,5-8,15H,3-4,9,12-14H2. The third-order valence-electron chi connectivity index (χ3n) is 4.87. The van der Waals surface area contributed by atoms with Crippen molar-refractivity contribution >= 4 is 33.2 Å². The fourth-order valence-electron chi connectivity index (χ4n) is 3.38. The predicted octanol–water partition coefficient (Wildman–Crippen LogP) is 3.36.